The van der Waals surface area contributed by atoms with Crippen LogP contribution in [-0.4, -0.2) is 87.5 Å². The fourth-order valence-corrected chi connectivity index (χ4v) is 4.88. The summed E-state index contributed by atoms with van der Waals surface area (Å²) >= 11 is 0. The number of piperazine rings is 1. The molecule has 0 unspecified atom stereocenters. The van der Waals surface area contributed by atoms with Gasteiger partial charge in [0.05, 0.1) is 18.1 Å². The van der Waals surface area contributed by atoms with Gasteiger partial charge in [0, 0.05) is 52.2 Å². The molecule has 3 rings (SSSR count). The van der Waals surface area contributed by atoms with E-state index in [1.54, 1.807) is 17.0 Å². The van der Waals surface area contributed by atoms with Gasteiger partial charge >= 0.3 is 0 Å². The molecule has 0 aromatic heterocycles. The van der Waals surface area contributed by atoms with Crippen molar-refractivity contribution < 1.29 is 17.9 Å². The molecular formula is C19H29N3O4S. The number of nitrogens with zero attached hydrogens (tertiary/aromatic N) is 3. The predicted molar refractivity (Wildman–Crippen MR) is 103 cm³/mol. The van der Waals surface area contributed by atoms with E-state index in [0.29, 0.717) is 37.5 Å². The molecule has 8 heteroatoms. The van der Waals surface area contributed by atoms with Crippen molar-refractivity contribution in [1.82, 2.24) is 14.1 Å². The first kappa shape index (κ1) is 20.3. The van der Waals surface area contributed by atoms with E-state index in [0.717, 1.165) is 44.8 Å². The average Bonchev–Trinajstić information content (AvgIpc) is 2.73. The first-order valence-corrected chi connectivity index (χ1v) is 11.1. The Labute approximate surface area is 161 Å². The van der Waals surface area contributed by atoms with Crippen LogP contribution in [0.4, 0.5) is 0 Å². The molecule has 2 heterocycles. The number of carbonyl (C=O) groups excluding carboxylic acids is 1. The van der Waals surface area contributed by atoms with Gasteiger partial charge in [0.15, 0.2) is 0 Å². The average molecular weight is 396 g/mol. The van der Waals surface area contributed by atoms with Crippen LogP contribution in [0.25, 0.3) is 0 Å². The molecule has 0 radical (unpaired) electrons. The Morgan fingerprint density at radius 3 is 2.22 bits per heavy atom. The van der Waals surface area contributed by atoms with Crippen LogP contribution < -0.4 is 0 Å². The Hall–Kier alpha value is -1.48. The molecule has 2 aliphatic rings. The molecule has 0 spiro atoms. The molecule has 1 amide bonds. The molecule has 1 aromatic rings. The van der Waals surface area contributed by atoms with Crippen molar-refractivity contribution >= 4 is 15.9 Å². The normalized spacial score (nSPS) is 20.0. The van der Waals surface area contributed by atoms with Gasteiger partial charge in [-0.15, -0.1) is 0 Å². The lowest BCUT2D eigenvalue weighted by molar-refractivity contribution is -0.133. The zero-order valence-corrected chi connectivity index (χ0v) is 16.8. The van der Waals surface area contributed by atoms with Crippen molar-refractivity contribution in [3.8, 4) is 0 Å². The molecule has 2 aliphatic heterocycles. The fraction of sp³-hybridized carbons (Fsp3) is 0.632. The maximum absolute atomic E-state index is 12.8. The summed E-state index contributed by atoms with van der Waals surface area (Å²) in [5, 5.41) is 0. The Kier molecular flexibility index (Phi) is 6.86. The lowest BCUT2D eigenvalue weighted by Gasteiger charge is -2.34. The van der Waals surface area contributed by atoms with Crippen molar-refractivity contribution in [2.75, 3.05) is 59.0 Å². The van der Waals surface area contributed by atoms with Crippen molar-refractivity contribution in [2.24, 2.45) is 0 Å². The van der Waals surface area contributed by atoms with E-state index in [4.69, 9.17) is 4.74 Å². The number of aryl methyl sites for hydroxylation is 1. The van der Waals surface area contributed by atoms with E-state index in [2.05, 4.69) is 4.90 Å². The van der Waals surface area contributed by atoms with Crippen molar-refractivity contribution in [1.29, 1.82) is 0 Å². The maximum Gasteiger partial charge on any atom is 0.243 e. The Morgan fingerprint density at radius 1 is 1.00 bits per heavy atom. The summed E-state index contributed by atoms with van der Waals surface area (Å²) in [4.78, 5) is 16.8. The van der Waals surface area contributed by atoms with E-state index in [1.165, 1.54) is 4.31 Å². The zero-order valence-electron chi connectivity index (χ0n) is 16.0. The summed E-state index contributed by atoms with van der Waals surface area (Å²) in [6, 6.07) is 7.07. The van der Waals surface area contributed by atoms with Crippen molar-refractivity contribution in [2.45, 2.75) is 24.7 Å². The van der Waals surface area contributed by atoms with Gasteiger partial charge in [0.25, 0.3) is 0 Å². The summed E-state index contributed by atoms with van der Waals surface area (Å²) < 4.78 is 32.4. The van der Waals surface area contributed by atoms with Crippen LogP contribution in [0.2, 0.25) is 0 Å². The van der Waals surface area contributed by atoms with Crippen molar-refractivity contribution in [3.05, 3.63) is 29.8 Å². The summed E-state index contributed by atoms with van der Waals surface area (Å²) in [5.74, 6) is 0.103. The number of carbonyl (C=O) groups is 1. The van der Waals surface area contributed by atoms with E-state index in [9.17, 15) is 13.2 Å². The second-order valence-electron chi connectivity index (χ2n) is 6.99. The minimum atomic E-state index is -3.49. The van der Waals surface area contributed by atoms with Crippen LogP contribution in [0.15, 0.2) is 29.2 Å². The van der Waals surface area contributed by atoms with Gasteiger partial charge in [-0.25, -0.2) is 8.42 Å². The number of ether oxygens (including phenoxy) is 1. The molecule has 150 valence electrons. The Morgan fingerprint density at radius 2 is 1.63 bits per heavy atom. The summed E-state index contributed by atoms with van der Waals surface area (Å²) in [5.41, 5.74) is 1.12. The van der Waals surface area contributed by atoms with Gasteiger partial charge in [0.1, 0.15) is 0 Å². The molecule has 0 aliphatic carbocycles. The van der Waals surface area contributed by atoms with Crippen LogP contribution in [-0.2, 0) is 26.0 Å². The predicted octanol–water partition coefficient (Wildman–Crippen LogP) is 0.804. The molecule has 2 fully saturated rings. The van der Waals surface area contributed by atoms with E-state index < -0.39 is 10.0 Å². The highest BCUT2D eigenvalue weighted by Gasteiger charge is 2.30. The molecular weight excluding hydrogens is 366 g/mol. The highest BCUT2D eigenvalue weighted by atomic mass is 32.2. The summed E-state index contributed by atoms with van der Waals surface area (Å²) in [6.45, 7) is 7.58. The molecule has 0 atom stereocenters. The largest absolute Gasteiger partial charge is 0.379 e. The molecule has 0 N–H and O–H groups in total. The molecule has 7 nitrogen and oxygen atoms in total. The number of rotatable bonds is 6. The lowest BCUT2D eigenvalue weighted by atomic mass is 10.2. The fourth-order valence-electron chi connectivity index (χ4n) is 3.46. The molecule has 0 bridgehead atoms. The minimum absolute atomic E-state index is 0.103. The highest BCUT2D eigenvalue weighted by Crippen LogP contribution is 2.19. The van der Waals surface area contributed by atoms with Crippen LogP contribution in [0.3, 0.4) is 0 Å². The van der Waals surface area contributed by atoms with Crippen LogP contribution in [0.1, 0.15) is 18.9 Å². The van der Waals surface area contributed by atoms with Gasteiger partial charge in [-0.1, -0.05) is 19.1 Å². The van der Waals surface area contributed by atoms with Crippen LogP contribution in [0.5, 0.6) is 0 Å². The quantitative estimate of drug-likeness (QED) is 0.713. The first-order chi connectivity index (χ1) is 13.0. The third kappa shape index (κ3) is 5.07. The van der Waals surface area contributed by atoms with Crippen LogP contribution in [0, 0.1) is 0 Å². The third-order valence-corrected chi connectivity index (χ3v) is 7.22. The molecule has 0 saturated carbocycles. The number of hydrogen-bond acceptors (Lipinski definition) is 5. The number of amides is 1. The minimum Gasteiger partial charge on any atom is -0.379 e. The number of morpholine rings is 1. The number of benzene rings is 1. The highest BCUT2D eigenvalue weighted by molar-refractivity contribution is 7.89. The monoisotopic (exact) mass is 395 g/mol. The molecule has 2 saturated heterocycles. The SMILES string of the molecule is CCc1ccc(S(=O)(=O)N2CCN(C(=O)CCN3CCOCC3)CC2)cc1. The first-order valence-electron chi connectivity index (χ1n) is 9.67. The van der Waals surface area contributed by atoms with Gasteiger partial charge in [-0.3, -0.25) is 9.69 Å². The van der Waals surface area contributed by atoms with E-state index in [-0.39, 0.29) is 5.91 Å². The summed E-state index contributed by atoms with van der Waals surface area (Å²) in [7, 11) is -3.49. The van der Waals surface area contributed by atoms with E-state index >= 15 is 0 Å². The smallest absolute Gasteiger partial charge is 0.243 e. The van der Waals surface area contributed by atoms with Gasteiger partial charge in [-0.05, 0) is 24.1 Å². The second-order valence-corrected chi connectivity index (χ2v) is 8.92. The molecule has 27 heavy (non-hydrogen) atoms. The van der Waals surface area contributed by atoms with E-state index in [1.807, 2.05) is 19.1 Å². The zero-order chi connectivity index (χ0) is 19.3. The topological polar surface area (TPSA) is 70.2 Å². The Bertz CT molecular complexity index is 722. The van der Waals surface area contributed by atoms with Crippen molar-refractivity contribution in [3.63, 3.8) is 0 Å². The van der Waals surface area contributed by atoms with Crippen LogP contribution >= 0.6 is 0 Å². The standard InChI is InChI=1S/C19H29N3O4S/c1-2-17-3-5-18(6-4-17)27(24,25)22-11-9-21(10-12-22)19(23)7-8-20-13-15-26-16-14-20/h3-6H,2,7-16H2,1H3. The lowest BCUT2D eigenvalue weighted by Crippen LogP contribution is -2.51. The second kappa shape index (κ2) is 9.14. The third-order valence-electron chi connectivity index (χ3n) is 5.31. The van der Waals surface area contributed by atoms with Gasteiger partial charge in [0.2, 0.25) is 15.9 Å². The number of sulfonamides is 1. The summed E-state index contributed by atoms with van der Waals surface area (Å²) in [6.07, 6.45) is 1.36. The van der Waals surface area contributed by atoms with Gasteiger partial charge in [-0.2, -0.15) is 4.31 Å². The van der Waals surface area contributed by atoms with Gasteiger partial charge < -0.3 is 9.64 Å². The number of hydrogen-bond donors (Lipinski definition) is 0. The Balaban J connectivity index is 1.50. The maximum atomic E-state index is 12.8. The molecule has 1 aromatic carbocycles.